The van der Waals surface area contributed by atoms with Crippen molar-refractivity contribution in [3.05, 3.63) is 60.2 Å². The normalized spacial score (nSPS) is 11.3. The lowest BCUT2D eigenvalue weighted by Crippen LogP contribution is -2.09. The van der Waals surface area contributed by atoms with Gasteiger partial charge in [0.1, 0.15) is 5.75 Å². The van der Waals surface area contributed by atoms with Crippen molar-refractivity contribution >= 4 is 11.8 Å². The van der Waals surface area contributed by atoms with Crippen molar-refractivity contribution in [3.8, 4) is 5.75 Å². The lowest BCUT2D eigenvalue weighted by Gasteiger charge is -2.13. The number of benzene rings is 2. The third-order valence-electron chi connectivity index (χ3n) is 2.55. The molecule has 20 heavy (non-hydrogen) atoms. The molecule has 0 fully saturated rings. The van der Waals surface area contributed by atoms with Crippen LogP contribution in [-0.2, 0) is 6.18 Å². The topological polar surface area (TPSA) is 9.23 Å². The summed E-state index contributed by atoms with van der Waals surface area (Å²) in [5.41, 5.74) is -0.732. The largest absolute Gasteiger partial charge is 0.492 e. The molecule has 0 saturated heterocycles. The molecule has 0 radical (unpaired) electrons. The van der Waals surface area contributed by atoms with E-state index in [1.54, 1.807) is 11.8 Å². The van der Waals surface area contributed by atoms with Crippen LogP contribution in [0, 0.1) is 0 Å². The zero-order chi connectivity index (χ0) is 14.4. The molecule has 2 aromatic carbocycles. The summed E-state index contributed by atoms with van der Waals surface area (Å²) in [6.45, 7) is 0.229. The Kier molecular flexibility index (Phi) is 4.95. The van der Waals surface area contributed by atoms with Gasteiger partial charge in [0, 0.05) is 10.6 Å². The van der Waals surface area contributed by atoms with E-state index >= 15 is 0 Å². The van der Waals surface area contributed by atoms with E-state index in [0.717, 1.165) is 11.0 Å². The third-order valence-corrected chi connectivity index (χ3v) is 3.52. The van der Waals surface area contributed by atoms with Crippen LogP contribution in [0.5, 0.6) is 5.75 Å². The summed E-state index contributed by atoms with van der Waals surface area (Å²) in [6, 6.07) is 14.9. The second kappa shape index (κ2) is 6.70. The number of hydrogen-bond donors (Lipinski definition) is 0. The molecule has 0 aliphatic carbocycles. The number of ether oxygens (including phenoxy) is 1. The molecule has 1 nitrogen and oxygen atoms in total. The first-order valence-electron chi connectivity index (χ1n) is 6.04. The maximum Gasteiger partial charge on any atom is 0.419 e. The molecule has 0 N–H and O–H groups in total. The summed E-state index contributed by atoms with van der Waals surface area (Å²) in [5.74, 6) is 0.476. The van der Waals surface area contributed by atoms with Crippen molar-refractivity contribution in [2.24, 2.45) is 0 Å². The number of thioether (sulfide) groups is 1. The Bertz CT molecular complexity index is 540. The van der Waals surface area contributed by atoms with Crippen molar-refractivity contribution < 1.29 is 17.9 Å². The van der Waals surface area contributed by atoms with Crippen molar-refractivity contribution in [2.45, 2.75) is 11.1 Å². The van der Waals surface area contributed by atoms with Crippen molar-refractivity contribution in [3.63, 3.8) is 0 Å². The zero-order valence-corrected chi connectivity index (χ0v) is 11.4. The van der Waals surface area contributed by atoms with Crippen molar-refractivity contribution in [2.75, 3.05) is 12.4 Å². The fraction of sp³-hybridized carbons (Fsp3) is 0.200. The number of para-hydroxylation sites is 1. The van der Waals surface area contributed by atoms with Crippen LogP contribution in [-0.4, -0.2) is 12.4 Å². The average molecular weight is 298 g/mol. The minimum atomic E-state index is -4.39. The van der Waals surface area contributed by atoms with E-state index in [0.29, 0.717) is 5.75 Å². The Balaban J connectivity index is 1.89. The van der Waals surface area contributed by atoms with Gasteiger partial charge in [-0.3, -0.25) is 0 Å². The fourth-order valence-electron chi connectivity index (χ4n) is 1.65. The third kappa shape index (κ3) is 4.20. The Morgan fingerprint density at radius 1 is 0.900 bits per heavy atom. The van der Waals surface area contributed by atoms with E-state index in [2.05, 4.69) is 0 Å². The van der Waals surface area contributed by atoms with Gasteiger partial charge in [0.05, 0.1) is 12.2 Å². The molecule has 0 aliphatic heterocycles. The molecule has 2 aromatic rings. The average Bonchev–Trinajstić information content (AvgIpc) is 2.44. The summed E-state index contributed by atoms with van der Waals surface area (Å²) >= 11 is 1.55. The highest BCUT2D eigenvalue weighted by Crippen LogP contribution is 2.35. The van der Waals surface area contributed by atoms with Gasteiger partial charge in [-0.25, -0.2) is 0 Å². The van der Waals surface area contributed by atoms with Crippen LogP contribution in [0.4, 0.5) is 13.2 Å². The van der Waals surface area contributed by atoms with E-state index in [1.165, 1.54) is 18.2 Å². The predicted octanol–water partition coefficient (Wildman–Crippen LogP) is 4.88. The van der Waals surface area contributed by atoms with E-state index in [9.17, 15) is 13.2 Å². The Morgan fingerprint density at radius 2 is 1.55 bits per heavy atom. The Morgan fingerprint density at radius 3 is 2.25 bits per heavy atom. The predicted molar refractivity (Wildman–Crippen MR) is 74.1 cm³/mol. The summed E-state index contributed by atoms with van der Waals surface area (Å²) < 4.78 is 43.5. The SMILES string of the molecule is FC(F)(F)c1ccccc1OCCSc1ccccc1. The van der Waals surface area contributed by atoms with Crippen molar-refractivity contribution in [1.29, 1.82) is 0 Å². The standard InChI is InChI=1S/C15H13F3OS/c16-15(17,18)13-8-4-5-9-14(13)19-10-11-20-12-6-2-1-3-7-12/h1-9H,10-11H2. The summed E-state index contributed by atoms with van der Waals surface area (Å²) in [5, 5.41) is 0. The van der Waals surface area contributed by atoms with Crippen LogP contribution in [0.3, 0.4) is 0 Å². The molecule has 0 spiro atoms. The van der Waals surface area contributed by atoms with Crippen LogP contribution in [0.15, 0.2) is 59.5 Å². The van der Waals surface area contributed by atoms with Gasteiger partial charge >= 0.3 is 6.18 Å². The van der Waals surface area contributed by atoms with Gasteiger partial charge in [-0.1, -0.05) is 30.3 Å². The summed E-state index contributed by atoms with van der Waals surface area (Å²) in [6.07, 6.45) is -4.39. The maximum atomic E-state index is 12.7. The molecule has 0 aliphatic rings. The van der Waals surface area contributed by atoms with Crippen LogP contribution < -0.4 is 4.74 Å². The molecule has 0 bridgehead atoms. The number of alkyl halides is 3. The molecule has 0 heterocycles. The highest BCUT2D eigenvalue weighted by atomic mass is 32.2. The van der Waals surface area contributed by atoms with E-state index in [4.69, 9.17) is 4.74 Å². The number of hydrogen-bond acceptors (Lipinski definition) is 2. The highest BCUT2D eigenvalue weighted by Gasteiger charge is 2.33. The fourth-order valence-corrected chi connectivity index (χ4v) is 2.41. The minimum absolute atomic E-state index is 0.117. The van der Waals surface area contributed by atoms with Gasteiger partial charge in [-0.15, -0.1) is 11.8 Å². The molecule has 0 saturated carbocycles. The molecule has 0 atom stereocenters. The smallest absolute Gasteiger partial charge is 0.419 e. The minimum Gasteiger partial charge on any atom is -0.492 e. The number of halogens is 3. The lowest BCUT2D eigenvalue weighted by molar-refractivity contribution is -0.138. The van der Waals surface area contributed by atoms with Gasteiger partial charge in [-0.05, 0) is 24.3 Å². The number of rotatable bonds is 5. The van der Waals surface area contributed by atoms with Crippen LogP contribution >= 0.6 is 11.8 Å². The Hall–Kier alpha value is -1.62. The van der Waals surface area contributed by atoms with E-state index < -0.39 is 11.7 Å². The zero-order valence-electron chi connectivity index (χ0n) is 10.6. The Labute approximate surface area is 119 Å². The second-order valence-electron chi connectivity index (χ2n) is 4.00. The van der Waals surface area contributed by atoms with Crippen LogP contribution in [0.2, 0.25) is 0 Å². The van der Waals surface area contributed by atoms with E-state index in [-0.39, 0.29) is 12.4 Å². The molecule has 106 valence electrons. The first-order chi connectivity index (χ1) is 9.57. The summed E-state index contributed by atoms with van der Waals surface area (Å²) in [4.78, 5) is 1.07. The van der Waals surface area contributed by atoms with Gasteiger partial charge in [0.2, 0.25) is 0 Å². The quantitative estimate of drug-likeness (QED) is 0.575. The first kappa shape index (κ1) is 14.8. The van der Waals surface area contributed by atoms with Crippen LogP contribution in [0.1, 0.15) is 5.56 Å². The van der Waals surface area contributed by atoms with Crippen molar-refractivity contribution in [1.82, 2.24) is 0 Å². The first-order valence-corrected chi connectivity index (χ1v) is 7.03. The molecule has 0 aromatic heterocycles. The van der Waals surface area contributed by atoms with Gasteiger partial charge in [0.25, 0.3) is 0 Å². The second-order valence-corrected chi connectivity index (χ2v) is 5.17. The van der Waals surface area contributed by atoms with E-state index in [1.807, 2.05) is 30.3 Å². The molecular weight excluding hydrogens is 285 g/mol. The van der Waals surface area contributed by atoms with Gasteiger partial charge in [-0.2, -0.15) is 13.2 Å². The molecule has 0 unspecified atom stereocenters. The maximum absolute atomic E-state index is 12.7. The monoisotopic (exact) mass is 298 g/mol. The highest BCUT2D eigenvalue weighted by molar-refractivity contribution is 7.99. The molecule has 5 heteroatoms. The summed E-state index contributed by atoms with van der Waals surface area (Å²) in [7, 11) is 0. The van der Waals surface area contributed by atoms with Gasteiger partial charge in [0.15, 0.2) is 0 Å². The molecular formula is C15H13F3OS. The lowest BCUT2D eigenvalue weighted by atomic mass is 10.2. The van der Waals surface area contributed by atoms with Gasteiger partial charge < -0.3 is 4.74 Å². The molecule has 0 amide bonds. The van der Waals surface area contributed by atoms with Crippen LogP contribution in [0.25, 0.3) is 0 Å². The molecule has 2 rings (SSSR count).